The molecule has 1 fully saturated rings. The maximum atomic E-state index is 12.7. The Balaban J connectivity index is 1.56. The van der Waals surface area contributed by atoms with E-state index in [1.807, 2.05) is 22.9 Å². The fourth-order valence-corrected chi connectivity index (χ4v) is 4.71. The normalized spacial score (nSPS) is 19.9. The van der Waals surface area contributed by atoms with Crippen molar-refractivity contribution in [3.8, 4) is 0 Å². The molecule has 5 rings (SSSR count). The standard InChI is InChI=1S/C22H23N3O/c26-21-14-17(18-8-3-6-16-7-4-13-25(21)22(16)18)15-24-12-5-10-20(24)19-9-1-2-11-23-19/h1-3,6,8-9,11,14,20H,4-5,7,10,12-13,15H2/t20-/m0/s1. The molecule has 26 heavy (non-hydrogen) atoms. The smallest absolute Gasteiger partial charge is 0.251 e. The zero-order valence-electron chi connectivity index (χ0n) is 14.9. The lowest BCUT2D eigenvalue weighted by Gasteiger charge is -2.26. The van der Waals surface area contributed by atoms with E-state index in [0.29, 0.717) is 6.04 Å². The first-order chi connectivity index (χ1) is 12.8. The van der Waals surface area contributed by atoms with E-state index in [4.69, 9.17) is 0 Å². The lowest BCUT2D eigenvalue weighted by molar-refractivity contribution is 0.245. The number of para-hydroxylation sites is 1. The molecule has 132 valence electrons. The molecule has 2 aromatic heterocycles. The first kappa shape index (κ1) is 15.8. The van der Waals surface area contributed by atoms with E-state index in [1.165, 1.54) is 17.4 Å². The molecule has 0 unspecified atom stereocenters. The quantitative estimate of drug-likeness (QED) is 0.727. The van der Waals surface area contributed by atoms with Crippen molar-refractivity contribution < 1.29 is 0 Å². The van der Waals surface area contributed by atoms with E-state index < -0.39 is 0 Å². The monoisotopic (exact) mass is 345 g/mol. The molecule has 4 nitrogen and oxygen atoms in total. The van der Waals surface area contributed by atoms with Gasteiger partial charge in [0.2, 0.25) is 0 Å². The van der Waals surface area contributed by atoms with Gasteiger partial charge < -0.3 is 4.57 Å². The predicted octanol–water partition coefficient (Wildman–Crippen LogP) is 3.68. The molecule has 1 aromatic carbocycles. The summed E-state index contributed by atoms with van der Waals surface area (Å²) in [5, 5.41) is 1.24. The van der Waals surface area contributed by atoms with Crippen LogP contribution < -0.4 is 5.56 Å². The highest BCUT2D eigenvalue weighted by molar-refractivity contribution is 5.86. The van der Waals surface area contributed by atoms with Gasteiger partial charge in [0.1, 0.15) is 0 Å². The zero-order chi connectivity index (χ0) is 17.5. The maximum absolute atomic E-state index is 12.7. The molecule has 0 bridgehead atoms. The van der Waals surface area contributed by atoms with Crippen molar-refractivity contribution in [3.63, 3.8) is 0 Å². The van der Waals surface area contributed by atoms with Crippen molar-refractivity contribution in [2.45, 2.75) is 44.8 Å². The second kappa shape index (κ2) is 6.36. The second-order valence-corrected chi connectivity index (χ2v) is 7.46. The number of benzene rings is 1. The summed E-state index contributed by atoms with van der Waals surface area (Å²) in [6, 6.07) is 14.9. The summed E-state index contributed by atoms with van der Waals surface area (Å²) in [6.07, 6.45) is 6.32. The highest BCUT2D eigenvalue weighted by Crippen LogP contribution is 2.33. The van der Waals surface area contributed by atoms with E-state index in [-0.39, 0.29) is 5.56 Å². The number of hydrogen-bond acceptors (Lipinski definition) is 3. The number of pyridine rings is 2. The molecule has 2 aliphatic heterocycles. The van der Waals surface area contributed by atoms with Gasteiger partial charge in [-0.15, -0.1) is 0 Å². The van der Waals surface area contributed by atoms with Gasteiger partial charge in [-0.05, 0) is 55.5 Å². The Morgan fingerprint density at radius 2 is 2.04 bits per heavy atom. The highest BCUT2D eigenvalue weighted by Gasteiger charge is 2.28. The minimum Gasteiger partial charge on any atom is -0.308 e. The van der Waals surface area contributed by atoms with Crippen LogP contribution in [-0.2, 0) is 19.5 Å². The fourth-order valence-electron chi connectivity index (χ4n) is 4.71. The molecule has 2 aliphatic rings. The summed E-state index contributed by atoms with van der Waals surface area (Å²) in [5.41, 5.74) is 4.93. The van der Waals surface area contributed by atoms with Crippen molar-refractivity contribution in [2.75, 3.05) is 6.54 Å². The molecule has 0 spiro atoms. The van der Waals surface area contributed by atoms with Crippen molar-refractivity contribution in [1.29, 1.82) is 0 Å². The van der Waals surface area contributed by atoms with Crippen LogP contribution in [0.5, 0.6) is 0 Å². The summed E-state index contributed by atoms with van der Waals surface area (Å²) >= 11 is 0. The number of aromatic nitrogens is 2. The molecule has 4 heterocycles. The van der Waals surface area contributed by atoms with E-state index in [9.17, 15) is 4.79 Å². The van der Waals surface area contributed by atoms with Crippen LogP contribution in [0.1, 0.15) is 42.1 Å². The molecule has 0 aliphatic carbocycles. The van der Waals surface area contributed by atoms with Gasteiger partial charge in [-0.3, -0.25) is 14.7 Å². The number of nitrogens with zero attached hydrogens (tertiary/aromatic N) is 3. The first-order valence-corrected chi connectivity index (χ1v) is 9.60. The molecule has 4 heteroatoms. The number of likely N-dealkylation sites (tertiary alicyclic amines) is 1. The molecular weight excluding hydrogens is 322 g/mol. The average Bonchev–Trinajstić information content (AvgIpc) is 3.14. The summed E-state index contributed by atoms with van der Waals surface area (Å²) in [6.45, 7) is 2.72. The topological polar surface area (TPSA) is 38.1 Å². The SMILES string of the molecule is O=c1cc(CN2CCC[C@H]2c2ccccn2)c2cccc3c2n1CCC3. The molecule has 1 saturated heterocycles. The maximum Gasteiger partial charge on any atom is 0.251 e. The van der Waals surface area contributed by atoms with Crippen molar-refractivity contribution >= 4 is 10.9 Å². The van der Waals surface area contributed by atoms with E-state index in [2.05, 4.69) is 40.2 Å². The Hall–Kier alpha value is -2.46. The van der Waals surface area contributed by atoms with Crippen LogP contribution in [0.4, 0.5) is 0 Å². The molecule has 1 atom stereocenters. The molecule has 0 radical (unpaired) electrons. The van der Waals surface area contributed by atoms with Gasteiger partial charge in [-0.25, -0.2) is 0 Å². The third kappa shape index (κ3) is 2.56. The Morgan fingerprint density at radius 1 is 1.08 bits per heavy atom. The number of rotatable bonds is 3. The second-order valence-electron chi connectivity index (χ2n) is 7.46. The highest BCUT2D eigenvalue weighted by atomic mass is 16.1. The molecule has 3 aromatic rings. The van der Waals surface area contributed by atoms with Gasteiger partial charge in [0, 0.05) is 30.7 Å². The minimum absolute atomic E-state index is 0.147. The summed E-state index contributed by atoms with van der Waals surface area (Å²) in [7, 11) is 0. The third-order valence-corrected chi connectivity index (χ3v) is 5.89. The third-order valence-electron chi connectivity index (χ3n) is 5.89. The van der Waals surface area contributed by atoms with Gasteiger partial charge in [0.15, 0.2) is 0 Å². The Morgan fingerprint density at radius 3 is 2.92 bits per heavy atom. The van der Waals surface area contributed by atoms with Crippen LogP contribution in [0.15, 0.2) is 53.5 Å². The largest absolute Gasteiger partial charge is 0.308 e. The molecular formula is C22H23N3O. The number of hydrogen-bond donors (Lipinski definition) is 0. The van der Waals surface area contributed by atoms with Crippen molar-refractivity contribution in [2.24, 2.45) is 0 Å². The molecule has 0 amide bonds. The van der Waals surface area contributed by atoms with Crippen molar-refractivity contribution in [1.82, 2.24) is 14.5 Å². The van der Waals surface area contributed by atoms with Gasteiger partial charge in [0.05, 0.1) is 17.3 Å². The zero-order valence-corrected chi connectivity index (χ0v) is 14.9. The molecule has 0 N–H and O–H groups in total. The lowest BCUT2D eigenvalue weighted by Crippen LogP contribution is -2.28. The van der Waals surface area contributed by atoms with Gasteiger partial charge in [-0.1, -0.05) is 24.3 Å². The Labute approximate surface area is 153 Å². The van der Waals surface area contributed by atoms with Crippen LogP contribution in [-0.4, -0.2) is 21.0 Å². The summed E-state index contributed by atoms with van der Waals surface area (Å²) in [5.74, 6) is 0. The first-order valence-electron chi connectivity index (χ1n) is 9.60. The van der Waals surface area contributed by atoms with Crippen LogP contribution >= 0.6 is 0 Å². The van der Waals surface area contributed by atoms with Crippen LogP contribution in [0, 0.1) is 0 Å². The van der Waals surface area contributed by atoms with Crippen LogP contribution in [0.2, 0.25) is 0 Å². The summed E-state index contributed by atoms with van der Waals surface area (Å²) in [4.78, 5) is 19.8. The van der Waals surface area contributed by atoms with Crippen LogP contribution in [0.3, 0.4) is 0 Å². The van der Waals surface area contributed by atoms with Crippen molar-refractivity contribution in [3.05, 3.63) is 75.8 Å². The Kier molecular flexibility index (Phi) is 3.86. The van der Waals surface area contributed by atoms with Gasteiger partial charge in [-0.2, -0.15) is 0 Å². The average molecular weight is 345 g/mol. The Bertz CT molecular complexity index is 1010. The summed E-state index contributed by atoms with van der Waals surface area (Å²) < 4.78 is 1.97. The van der Waals surface area contributed by atoms with Gasteiger partial charge in [0.25, 0.3) is 5.56 Å². The predicted molar refractivity (Wildman–Crippen MR) is 103 cm³/mol. The minimum atomic E-state index is 0.147. The van der Waals surface area contributed by atoms with Crippen LogP contribution in [0.25, 0.3) is 10.9 Å². The fraction of sp³-hybridized carbons (Fsp3) is 0.364. The van der Waals surface area contributed by atoms with E-state index >= 15 is 0 Å². The lowest BCUT2D eigenvalue weighted by atomic mass is 9.98. The van der Waals surface area contributed by atoms with E-state index in [1.54, 1.807) is 0 Å². The molecule has 0 saturated carbocycles. The van der Waals surface area contributed by atoms with E-state index in [0.717, 1.165) is 55.7 Å². The van der Waals surface area contributed by atoms with Gasteiger partial charge >= 0.3 is 0 Å². The number of aryl methyl sites for hydroxylation is 2.